The number of benzene rings is 2. The summed E-state index contributed by atoms with van der Waals surface area (Å²) >= 11 is 12.0. The second-order valence-electron chi connectivity index (χ2n) is 7.56. The van der Waals surface area contributed by atoms with Gasteiger partial charge >= 0.3 is 0 Å². The van der Waals surface area contributed by atoms with Crippen molar-refractivity contribution in [3.8, 4) is 6.07 Å². The number of nitrogens with zero attached hydrogens (tertiary/aromatic N) is 3. The predicted molar refractivity (Wildman–Crippen MR) is 124 cm³/mol. The Kier molecular flexibility index (Phi) is 9.32. The van der Waals surface area contributed by atoms with Gasteiger partial charge in [0, 0.05) is 13.1 Å². The molecule has 0 fully saturated rings. The van der Waals surface area contributed by atoms with E-state index in [0.717, 1.165) is 12.1 Å². The van der Waals surface area contributed by atoms with E-state index in [1.54, 1.807) is 47.4 Å². The minimum atomic E-state index is -3.68. The van der Waals surface area contributed by atoms with Gasteiger partial charge in [-0.2, -0.15) is 5.26 Å². The van der Waals surface area contributed by atoms with Crippen LogP contribution in [0.3, 0.4) is 0 Å². The van der Waals surface area contributed by atoms with Crippen LogP contribution < -0.4 is 0 Å². The van der Waals surface area contributed by atoms with Crippen molar-refractivity contribution in [3.63, 3.8) is 0 Å². The number of nitriles is 1. The van der Waals surface area contributed by atoms with Gasteiger partial charge in [-0.05, 0) is 62.5 Å². The average Bonchev–Trinajstić information content (AvgIpc) is 2.69. The van der Waals surface area contributed by atoms with Crippen LogP contribution in [0.5, 0.6) is 0 Å². The Morgan fingerprint density at radius 2 is 1.65 bits per heavy atom. The standard InChI is InChI=1S/C22H25Cl2N3O3S/c1-26(2)10-3-11-27(14-19-8-9-20(23)21(24)12-19)22(28)16-31(29,30)15-18-6-4-17(13-25)5-7-18/h4-9,12H,3,10-11,14-16H2,1-2H3. The number of sulfone groups is 1. The highest BCUT2D eigenvalue weighted by Crippen LogP contribution is 2.23. The first kappa shape index (κ1) is 25.2. The number of carbonyl (C=O) groups excluding carboxylic acids is 1. The molecule has 0 saturated carbocycles. The summed E-state index contributed by atoms with van der Waals surface area (Å²) in [4.78, 5) is 16.5. The van der Waals surface area contributed by atoms with Gasteiger partial charge in [0.05, 0.1) is 27.4 Å². The van der Waals surface area contributed by atoms with Crippen molar-refractivity contribution >= 4 is 38.9 Å². The molecule has 0 aliphatic heterocycles. The Balaban J connectivity index is 2.11. The molecular weight excluding hydrogens is 457 g/mol. The first-order valence-electron chi connectivity index (χ1n) is 9.65. The number of amides is 1. The summed E-state index contributed by atoms with van der Waals surface area (Å²) in [5, 5.41) is 9.66. The SMILES string of the molecule is CN(C)CCCN(Cc1ccc(Cl)c(Cl)c1)C(=O)CS(=O)(=O)Cc1ccc(C#N)cc1. The van der Waals surface area contributed by atoms with Gasteiger partial charge in [0.15, 0.2) is 9.84 Å². The van der Waals surface area contributed by atoms with Crippen LogP contribution in [0.4, 0.5) is 0 Å². The molecule has 0 unspecified atom stereocenters. The van der Waals surface area contributed by atoms with E-state index in [1.165, 1.54) is 0 Å². The molecule has 0 aliphatic rings. The molecular formula is C22H25Cl2N3O3S. The van der Waals surface area contributed by atoms with Crippen molar-refractivity contribution in [1.82, 2.24) is 9.80 Å². The molecule has 2 aromatic rings. The highest BCUT2D eigenvalue weighted by Gasteiger charge is 2.23. The van der Waals surface area contributed by atoms with Crippen molar-refractivity contribution in [2.75, 3.05) is 32.9 Å². The average molecular weight is 482 g/mol. The number of carbonyl (C=O) groups is 1. The lowest BCUT2D eigenvalue weighted by Crippen LogP contribution is -2.37. The zero-order chi connectivity index (χ0) is 23.0. The van der Waals surface area contributed by atoms with E-state index in [2.05, 4.69) is 0 Å². The van der Waals surface area contributed by atoms with Crippen LogP contribution >= 0.6 is 23.2 Å². The van der Waals surface area contributed by atoms with Gasteiger partial charge in [-0.3, -0.25) is 4.79 Å². The van der Waals surface area contributed by atoms with Crippen molar-refractivity contribution in [2.24, 2.45) is 0 Å². The molecule has 166 valence electrons. The first-order valence-corrected chi connectivity index (χ1v) is 12.2. The van der Waals surface area contributed by atoms with Crippen LogP contribution in [0.2, 0.25) is 10.0 Å². The molecule has 0 bridgehead atoms. The molecule has 0 aromatic heterocycles. The third kappa shape index (κ3) is 8.50. The van der Waals surface area contributed by atoms with E-state index < -0.39 is 21.5 Å². The summed E-state index contributed by atoms with van der Waals surface area (Å²) in [5.41, 5.74) is 1.76. The molecule has 2 aromatic carbocycles. The maximum atomic E-state index is 12.9. The topological polar surface area (TPSA) is 81.5 Å². The maximum absolute atomic E-state index is 12.9. The van der Waals surface area contributed by atoms with Crippen LogP contribution in [0, 0.1) is 11.3 Å². The zero-order valence-corrected chi connectivity index (χ0v) is 19.8. The van der Waals surface area contributed by atoms with Crippen molar-refractivity contribution in [1.29, 1.82) is 5.26 Å². The predicted octanol–water partition coefficient (Wildman–Crippen LogP) is 3.76. The third-order valence-corrected chi connectivity index (χ3v) is 6.76. The second-order valence-corrected chi connectivity index (χ2v) is 10.4. The van der Waals surface area contributed by atoms with Crippen molar-refractivity contribution < 1.29 is 13.2 Å². The molecule has 31 heavy (non-hydrogen) atoms. The van der Waals surface area contributed by atoms with E-state index in [4.69, 9.17) is 28.5 Å². The van der Waals surface area contributed by atoms with Crippen molar-refractivity contribution in [2.45, 2.75) is 18.7 Å². The Bertz CT molecular complexity index is 1050. The van der Waals surface area contributed by atoms with Gasteiger partial charge in [-0.25, -0.2) is 8.42 Å². The van der Waals surface area contributed by atoms with Crippen LogP contribution in [-0.2, 0) is 26.9 Å². The minimum Gasteiger partial charge on any atom is -0.337 e. The number of hydrogen-bond donors (Lipinski definition) is 0. The first-order chi connectivity index (χ1) is 14.6. The normalized spacial score (nSPS) is 11.4. The summed E-state index contributed by atoms with van der Waals surface area (Å²) in [6, 6.07) is 13.4. The molecule has 0 N–H and O–H groups in total. The van der Waals surface area contributed by atoms with E-state index >= 15 is 0 Å². The van der Waals surface area contributed by atoms with Gasteiger partial charge in [-0.15, -0.1) is 0 Å². The number of rotatable bonds is 10. The summed E-state index contributed by atoms with van der Waals surface area (Å²) in [6.45, 7) is 1.43. The lowest BCUT2D eigenvalue weighted by Gasteiger charge is -2.24. The fourth-order valence-corrected chi connectivity index (χ4v) is 4.67. The van der Waals surface area contributed by atoms with Gasteiger partial charge < -0.3 is 9.80 Å². The summed E-state index contributed by atoms with van der Waals surface area (Å²) in [6.07, 6.45) is 0.704. The number of hydrogen-bond acceptors (Lipinski definition) is 5. The largest absolute Gasteiger partial charge is 0.337 e. The molecule has 0 heterocycles. The van der Waals surface area contributed by atoms with Crippen LogP contribution in [0.15, 0.2) is 42.5 Å². The molecule has 0 atom stereocenters. The van der Waals surface area contributed by atoms with Crippen LogP contribution in [0.1, 0.15) is 23.1 Å². The summed E-state index contributed by atoms with van der Waals surface area (Å²) < 4.78 is 25.3. The molecule has 0 aliphatic carbocycles. The van der Waals surface area contributed by atoms with Gasteiger partial charge in [0.2, 0.25) is 5.91 Å². The Morgan fingerprint density at radius 3 is 2.23 bits per heavy atom. The lowest BCUT2D eigenvalue weighted by molar-refractivity contribution is -0.129. The smallest absolute Gasteiger partial charge is 0.238 e. The van der Waals surface area contributed by atoms with Crippen molar-refractivity contribution in [3.05, 3.63) is 69.2 Å². The number of halogens is 2. The molecule has 1 amide bonds. The minimum absolute atomic E-state index is 0.246. The quantitative estimate of drug-likeness (QED) is 0.515. The fraction of sp³-hybridized carbons (Fsp3) is 0.364. The highest BCUT2D eigenvalue weighted by atomic mass is 35.5. The van der Waals surface area contributed by atoms with Crippen LogP contribution in [-0.4, -0.2) is 57.1 Å². The third-order valence-electron chi connectivity index (χ3n) is 4.56. The van der Waals surface area contributed by atoms with E-state index in [9.17, 15) is 13.2 Å². The zero-order valence-electron chi connectivity index (χ0n) is 17.5. The summed E-state index contributed by atoms with van der Waals surface area (Å²) in [5.74, 6) is -1.31. The fourth-order valence-electron chi connectivity index (χ4n) is 2.99. The Morgan fingerprint density at radius 1 is 1.00 bits per heavy atom. The van der Waals surface area contributed by atoms with E-state index in [1.807, 2.05) is 25.1 Å². The molecule has 0 radical (unpaired) electrons. The molecule has 6 nitrogen and oxygen atoms in total. The molecule has 2 rings (SSSR count). The molecule has 0 saturated heterocycles. The van der Waals surface area contributed by atoms with Crippen LogP contribution in [0.25, 0.3) is 0 Å². The molecule has 0 spiro atoms. The monoisotopic (exact) mass is 481 g/mol. The van der Waals surface area contributed by atoms with Gasteiger partial charge in [0.1, 0.15) is 5.75 Å². The Labute approximate surface area is 193 Å². The van der Waals surface area contributed by atoms with E-state index in [0.29, 0.717) is 34.1 Å². The highest BCUT2D eigenvalue weighted by molar-refractivity contribution is 7.91. The van der Waals surface area contributed by atoms with Gasteiger partial charge in [0.25, 0.3) is 0 Å². The molecule has 9 heteroatoms. The maximum Gasteiger partial charge on any atom is 0.238 e. The lowest BCUT2D eigenvalue weighted by atomic mass is 10.2. The van der Waals surface area contributed by atoms with E-state index in [-0.39, 0.29) is 12.3 Å². The Hall–Kier alpha value is -2.11. The second kappa shape index (κ2) is 11.5. The van der Waals surface area contributed by atoms with Gasteiger partial charge in [-0.1, -0.05) is 41.4 Å². The summed E-state index contributed by atoms with van der Waals surface area (Å²) in [7, 11) is 0.197.